The minimum atomic E-state index is 0.0727. The van der Waals surface area contributed by atoms with Crippen LogP contribution in [0, 0.1) is 6.92 Å². The van der Waals surface area contributed by atoms with E-state index in [9.17, 15) is 0 Å². The van der Waals surface area contributed by atoms with Crippen molar-refractivity contribution >= 4 is 34.8 Å². The summed E-state index contributed by atoms with van der Waals surface area (Å²) in [5.41, 5.74) is 3.44. The van der Waals surface area contributed by atoms with Gasteiger partial charge in [0.15, 0.2) is 0 Å². The van der Waals surface area contributed by atoms with E-state index in [4.69, 9.17) is 34.8 Å². The first-order valence-corrected chi connectivity index (χ1v) is 7.99. The SMILES string of the molecule is Cc1ccc([C@H](C)NC(C)c2ccc(Cl)c(Cl)c2Cl)cc1. The van der Waals surface area contributed by atoms with Gasteiger partial charge in [-0.2, -0.15) is 0 Å². The van der Waals surface area contributed by atoms with Crippen LogP contribution in [-0.4, -0.2) is 0 Å². The second-order valence-electron chi connectivity index (χ2n) is 5.29. The van der Waals surface area contributed by atoms with Crippen molar-refractivity contribution in [1.82, 2.24) is 5.32 Å². The molecule has 112 valence electrons. The highest BCUT2D eigenvalue weighted by Crippen LogP contribution is 2.36. The highest BCUT2D eigenvalue weighted by atomic mass is 35.5. The minimum Gasteiger partial charge on any atom is -0.304 e. The Morgan fingerprint density at radius 1 is 0.810 bits per heavy atom. The maximum Gasteiger partial charge on any atom is 0.0781 e. The third-order valence-electron chi connectivity index (χ3n) is 3.61. The van der Waals surface area contributed by atoms with Gasteiger partial charge >= 0.3 is 0 Å². The molecule has 2 aromatic rings. The Kier molecular flexibility index (Phi) is 5.56. The van der Waals surface area contributed by atoms with Crippen LogP contribution >= 0.6 is 34.8 Å². The molecule has 0 bridgehead atoms. The fourth-order valence-corrected chi connectivity index (χ4v) is 3.00. The van der Waals surface area contributed by atoms with Crippen LogP contribution in [-0.2, 0) is 0 Å². The summed E-state index contributed by atoms with van der Waals surface area (Å²) in [6.45, 7) is 6.28. The van der Waals surface area contributed by atoms with Crippen molar-refractivity contribution < 1.29 is 0 Å². The molecule has 2 aromatic carbocycles. The van der Waals surface area contributed by atoms with E-state index in [1.165, 1.54) is 11.1 Å². The predicted molar refractivity (Wildman–Crippen MR) is 92.6 cm³/mol. The second kappa shape index (κ2) is 7.02. The maximum atomic E-state index is 6.29. The standard InChI is InChI=1S/C17H18Cl3N/c1-10-4-6-13(7-5-10)11(2)21-12(3)14-8-9-15(18)17(20)16(14)19/h4-9,11-12,21H,1-3H3/t11-,12?/m0/s1. The summed E-state index contributed by atoms with van der Waals surface area (Å²) in [7, 11) is 0. The summed E-state index contributed by atoms with van der Waals surface area (Å²) in [6, 6.07) is 12.5. The van der Waals surface area contributed by atoms with Crippen LogP contribution in [0.1, 0.15) is 42.6 Å². The molecule has 0 fully saturated rings. The molecule has 0 amide bonds. The Bertz CT molecular complexity index is 623. The van der Waals surface area contributed by atoms with Crippen LogP contribution in [0.15, 0.2) is 36.4 Å². The van der Waals surface area contributed by atoms with Crippen molar-refractivity contribution in [1.29, 1.82) is 0 Å². The van der Waals surface area contributed by atoms with E-state index in [2.05, 4.69) is 50.4 Å². The first-order chi connectivity index (χ1) is 9.90. The fourth-order valence-electron chi connectivity index (χ4n) is 2.29. The Balaban J connectivity index is 2.16. The molecule has 1 N–H and O–H groups in total. The number of halogens is 3. The number of hydrogen-bond donors (Lipinski definition) is 1. The molecule has 1 nitrogen and oxygen atoms in total. The summed E-state index contributed by atoms with van der Waals surface area (Å²) >= 11 is 18.4. The van der Waals surface area contributed by atoms with Gasteiger partial charge in [-0.3, -0.25) is 0 Å². The average molecular weight is 343 g/mol. The molecule has 0 radical (unpaired) electrons. The van der Waals surface area contributed by atoms with Crippen molar-refractivity contribution in [3.05, 3.63) is 68.2 Å². The molecule has 0 saturated carbocycles. The molecule has 0 spiro atoms. The summed E-state index contributed by atoms with van der Waals surface area (Å²) in [6.07, 6.45) is 0. The van der Waals surface area contributed by atoms with E-state index in [-0.39, 0.29) is 12.1 Å². The van der Waals surface area contributed by atoms with Gasteiger partial charge in [-0.25, -0.2) is 0 Å². The van der Waals surface area contributed by atoms with Crippen LogP contribution in [0.25, 0.3) is 0 Å². The Labute approximate surface area is 141 Å². The lowest BCUT2D eigenvalue weighted by Crippen LogP contribution is -2.22. The lowest BCUT2D eigenvalue weighted by atomic mass is 10.0. The van der Waals surface area contributed by atoms with Crippen molar-refractivity contribution in [2.45, 2.75) is 32.9 Å². The van der Waals surface area contributed by atoms with Gasteiger partial charge in [-0.05, 0) is 38.0 Å². The molecular weight excluding hydrogens is 325 g/mol. The van der Waals surface area contributed by atoms with E-state index in [0.29, 0.717) is 15.1 Å². The summed E-state index contributed by atoms with van der Waals surface area (Å²) < 4.78 is 0. The molecule has 4 heteroatoms. The predicted octanol–water partition coefficient (Wildman–Crippen LogP) is 6.37. The third-order valence-corrected chi connectivity index (χ3v) is 4.92. The van der Waals surface area contributed by atoms with E-state index in [1.54, 1.807) is 6.07 Å². The zero-order chi connectivity index (χ0) is 15.6. The summed E-state index contributed by atoms with van der Waals surface area (Å²) in [5.74, 6) is 0. The van der Waals surface area contributed by atoms with Crippen LogP contribution in [0.5, 0.6) is 0 Å². The highest BCUT2D eigenvalue weighted by Gasteiger charge is 2.16. The normalized spacial score (nSPS) is 14.0. The number of rotatable bonds is 4. The van der Waals surface area contributed by atoms with Gasteiger partial charge in [0, 0.05) is 12.1 Å². The Morgan fingerprint density at radius 2 is 1.43 bits per heavy atom. The molecule has 0 aliphatic heterocycles. The zero-order valence-corrected chi connectivity index (χ0v) is 14.5. The quantitative estimate of drug-likeness (QED) is 0.637. The molecule has 0 saturated heterocycles. The number of benzene rings is 2. The molecular formula is C17H18Cl3N. The largest absolute Gasteiger partial charge is 0.304 e. The molecule has 2 atom stereocenters. The number of hydrogen-bond acceptors (Lipinski definition) is 1. The molecule has 0 aliphatic rings. The third kappa shape index (κ3) is 3.92. The lowest BCUT2D eigenvalue weighted by molar-refractivity contribution is 0.495. The van der Waals surface area contributed by atoms with Crippen LogP contribution in [0.4, 0.5) is 0 Å². The molecule has 0 aromatic heterocycles. The van der Waals surface area contributed by atoms with Crippen molar-refractivity contribution in [2.75, 3.05) is 0 Å². The smallest absolute Gasteiger partial charge is 0.0781 e. The molecule has 0 aliphatic carbocycles. The topological polar surface area (TPSA) is 12.0 Å². The van der Waals surface area contributed by atoms with Crippen LogP contribution in [0.2, 0.25) is 15.1 Å². The van der Waals surface area contributed by atoms with E-state index in [0.717, 1.165) is 5.56 Å². The van der Waals surface area contributed by atoms with Crippen LogP contribution < -0.4 is 5.32 Å². The summed E-state index contributed by atoms with van der Waals surface area (Å²) in [4.78, 5) is 0. The van der Waals surface area contributed by atoms with Gasteiger partial charge in [0.05, 0.1) is 15.1 Å². The maximum absolute atomic E-state index is 6.29. The Morgan fingerprint density at radius 3 is 2.05 bits per heavy atom. The molecule has 2 rings (SSSR count). The zero-order valence-electron chi connectivity index (χ0n) is 12.3. The monoisotopic (exact) mass is 341 g/mol. The fraction of sp³-hybridized carbons (Fsp3) is 0.294. The number of nitrogens with one attached hydrogen (secondary N) is 1. The van der Waals surface area contributed by atoms with E-state index < -0.39 is 0 Å². The average Bonchev–Trinajstić information content (AvgIpc) is 2.45. The summed E-state index contributed by atoms with van der Waals surface area (Å²) in [5, 5.41) is 4.93. The number of aryl methyl sites for hydroxylation is 1. The van der Waals surface area contributed by atoms with Gasteiger partial charge < -0.3 is 5.32 Å². The minimum absolute atomic E-state index is 0.0727. The van der Waals surface area contributed by atoms with Gasteiger partial charge in [-0.1, -0.05) is 70.7 Å². The van der Waals surface area contributed by atoms with Crippen LogP contribution in [0.3, 0.4) is 0 Å². The van der Waals surface area contributed by atoms with E-state index >= 15 is 0 Å². The van der Waals surface area contributed by atoms with Gasteiger partial charge in [0.2, 0.25) is 0 Å². The Hall–Kier alpha value is -0.730. The van der Waals surface area contributed by atoms with Gasteiger partial charge in [-0.15, -0.1) is 0 Å². The first-order valence-electron chi connectivity index (χ1n) is 6.86. The molecule has 21 heavy (non-hydrogen) atoms. The van der Waals surface area contributed by atoms with Crippen molar-refractivity contribution in [2.24, 2.45) is 0 Å². The van der Waals surface area contributed by atoms with Crippen molar-refractivity contribution in [3.8, 4) is 0 Å². The van der Waals surface area contributed by atoms with Crippen molar-refractivity contribution in [3.63, 3.8) is 0 Å². The highest BCUT2D eigenvalue weighted by molar-refractivity contribution is 6.48. The van der Waals surface area contributed by atoms with Gasteiger partial charge in [0.1, 0.15) is 0 Å². The molecule has 0 heterocycles. The van der Waals surface area contributed by atoms with Gasteiger partial charge in [0.25, 0.3) is 0 Å². The van der Waals surface area contributed by atoms with E-state index in [1.807, 2.05) is 6.07 Å². The first kappa shape index (κ1) is 16.6. The molecule has 1 unspecified atom stereocenters. The second-order valence-corrected chi connectivity index (χ2v) is 6.45. The lowest BCUT2D eigenvalue weighted by Gasteiger charge is -2.22.